The third-order valence-electron chi connectivity index (χ3n) is 3.95. The van der Waals surface area contributed by atoms with Crippen LogP contribution in [0, 0.1) is 5.82 Å². The lowest BCUT2D eigenvalue weighted by molar-refractivity contribution is -0.118. The van der Waals surface area contributed by atoms with Crippen molar-refractivity contribution in [3.8, 4) is 5.75 Å². The van der Waals surface area contributed by atoms with Gasteiger partial charge in [0.1, 0.15) is 17.3 Å². The highest BCUT2D eigenvalue weighted by molar-refractivity contribution is 6.34. The molecule has 1 aliphatic heterocycles. The van der Waals surface area contributed by atoms with Crippen LogP contribution in [-0.4, -0.2) is 25.6 Å². The van der Waals surface area contributed by atoms with Gasteiger partial charge in [-0.05, 0) is 37.1 Å². The molecular weight excluding hydrogens is 366 g/mol. The second kappa shape index (κ2) is 7.93. The molecule has 0 bridgehead atoms. The molecule has 1 aliphatic rings. The molecule has 132 valence electrons. The van der Waals surface area contributed by atoms with E-state index in [-0.39, 0.29) is 12.3 Å². The topological polar surface area (TPSA) is 41.6 Å². The lowest BCUT2D eigenvalue weighted by Gasteiger charge is -2.22. The number of para-hydroxylation sites is 1. The zero-order valence-electron chi connectivity index (χ0n) is 13.4. The van der Waals surface area contributed by atoms with Crippen molar-refractivity contribution < 1.29 is 13.9 Å². The molecule has 0 radical (unpaired) electrons. The maximum atomic E-state index is 14.2. The van der Waals surface area contributed by atoms with E-state index in [1.54, 1.807) is 24.3 Å². The first-order chi connectivity index (χ1) is 12.0. The van der Waals surface area contributed by atoms with E-state index in [9.17, 15) is 9.18 Å². The van der Waals surface area contributed by atoms with Gasteiger partial charge in [0, 0.05) is 24.2 Å². The maximum Gasteiger partial charge on any atom is 0.262 e. The summed E-state index contributed by atoms with van der Waals surface area (Å²) < 4.78 is 19.6. The highest BCUT2D eigenvalue weighted by Crippen LogP contribution is 2.31. The first-order valence-electron chi connectivity index (χ1n) is 7.96. The predicted molar refractivity (Wildman–Crippen MR) is 98.4 cm³/mol. The van der Waals surface area contributed by atoms with Gasteiger partial charge in [0.15, 0.2) is 6.61 Å². The Hall–Kier alpha value is -1.98. The number of hydrogen-bond donors (Lipinski definition) is 1. The minimum Gasteiger partial charge on any atom is -0.482 e. The van der Waals surface area contributed by atoms with Crippen molar-refractivity contribution in [1.82, 2.24) is 0 Å². The summed E-state index contributed by atoms with van der Waals surface area (Å²) in [5.74, 6) is -0.641. The van der Waals surface area contributed by atoms with E-state index in [1.807, 2.05) is 0 Å². The number of carbonyl (C=O) groups excluding carboxylic acids is 1. The van der Waals surface area contributed by atoms with Gasteiger partial charge in [-0.25, -0.2) is 4.39 Å². The van der Waals surface area contributed by atoms with E-state index in [1.165, 1.54) is 12.1 Å². The summed E-state index contributed by atoms with van der Waals surface area (Å²) in [4.78, 5) is 14.3. The van der Waals surface area contributed by atoms with Gasteiger partial charge in [-0.2, -0.15) is 0 Å². The molecule has 0 unspecified atom stereocenters. The normalized spacial score (nSPS) is 13.8. The van der Waals surface area contributed by atoms with Gasteiger partial charge >= 0.3 is 0 Å². The van der Waals surface area contributed by atoms with Crippen LogP contribution in [-0.2, 0) is 4.79 Å². The van der Waals surface area contributed by atoms with Crippen molar-refractivity contribution in [3.05, 3.63) is 52.3 Å². The molecule has 1 N–H and O–H groups in total. The van der Waals surface area contributed by atoms with E-state index in [4.69, 9.17) is 27.9 Å². The van der Waals surface area contributed by atoms with Gasteiger partial charge in [0.05, 0.1) is 10.7 Å². The summed E-state index contributed by atoms with van der Waals surface area (Å²) in [6, 6.07) is 9.50. The number of anilines is 2. The molecule has 0 saturated carbocycles. The Bertz CT molecular complexity index is 780. The third-order valence-corrected chi connectivity index (χ3v) is 4.50. The van der Waals surface area contributed by atoms with Gasteiger partial charge < -0.3 is 15.0 Å². The number of ether oxygens (including phenoxy) is 1. The summed E-state index contributed by atoms with van der Waals surface area (Å²) in [5, 5.41) is 3.40. The van der Waals surface area contributed by atoms with Crippen LogP contribution in [0.25, 0.3) is 0 Å². The highest BCUT2D eigenvalue weighted by atomic mass is 35.5. The molecule has 25 heavy (non-hydrogen) atoms. The standard InChI is InChI=1S/C18H17Cl2FN2O2/c19-12-6-7-13(20)16(10-12)25-11-17(24)22-18-14(21)4-3-5-15(18)23-8-1-2-9-23/h3-7,10H,1-2,8-9,11H2,(H,22,24). The molecule has 2 aromatic carbocycles. The van der Waals surface area contributed by atoms with Crippen LogP contribution in [0.5, 0.6) is 5.75 Å². The summed E-state index contributed by atoms with van der Waals surface area (Å²) in [6.45, 7) is 1.40. The lowest BCUT2D eigenvalue weighted by atomic mass is 10.2. The number of halogens is 3. The van der Waals surface area contributed by atoms with E-state index >= 15 is 0 Å². The van der Waals surface area contributed by atoms with Crippen molar-refractivity contribution >= 4 is 40.5 Å². The first-order valence-corrected chi connectivity index (χ1v) is 8.71. The number of nitrogens with zero attached hydrogens (tertiary/aromatic N) is 1. The molecule has 1 heterocycles. The minimum absolute atomic E-state index is 0.176. The largest absolute Gasteiger partial charge is 0.482 e. The molecule has 3 rings (SSSR count). The molecule has 4 nitrogen and oxygen atoms in total. The third kappa shape index (κ3) is 4.35. The van der Waals surface area contributed by atoms with Gasteiger partial charge in [-0.3, -0.25) is 4.79 Å². The van der Waals surface area contributed by atoms with Crippen molar-refractivity contribution in [1.29, 1.82) is 0 Å². The fourth-order valence-corrected chi connectivity index (χ4v) is 3.10. The number of amides is 1. The number of benzene rings is 2. The second-order valence-corrected chi connectivity index (χ2v) is 6.58. The van der Waals surface area contributed by atoms with Gasteiger partial charge in [0.25, 0.3) is 5.91 Å². The Labute approximate surface area is 155 Å². The Balaban J connectivity index is 1.69. The Morgan fingerprint density at radius 3 is 2.72 bits per heavy atom. The van der Waals surface area contributed by atoms with Gasteiger partial charge in [-0.15, -0.1) is 0 Å². The molecule has 7 heteroatoms. The minimum atomic E-state index is -0.474. The lowest BCUT2D eigenvalue weighted by Crippen LogP contribution is -2.24. The SMILES string of the molecule is O=C(COc1cc(Cl)ccc1Cl)Nc1c(F)cccc1N1CCCC1. The molecular formula is C18H17Cl2FN2O2. The summed E-state index contributed by atoms with van der Waals surface area (Å²) >= 11 is 11.9. The second-order valence-electron chi connectivity index (χ2n) is 5.74. The number of hydrogen-bond acceptors (Lipinski definition) is 3. The molecule has 1 fully saturated rings. The molecule has 0 atom stereocenters. The number of carbonyl (C=O) groups is 1. The number of nitrogens with one attached hydrogen (secondary N) is 1. The predicted octanol–water partition coefficient (Wildman–Crippen LogP) is 4.75. The summed E-state index contributed by atoms with van der Waals surface area (Å²) in [6.07, 6.45) is 2.11. The van der Waals surface area contributed by atoms with Crippen molar-refractivity contribution in [2.75, 3.05) is 29.9 Å². The van der Waals surface area contributed by atoms with E-state index < -0.39 is 11.7 Å². The zero-order valence-corrected chi connectivity index (χ0v) is 14.9. The fourth-order valence-electron chi connectivity index (χ4n) is 2.76. The molecule has 1 amide bonds. The van der Waals surface area contributed by atoms with E-state index in [0.717, 1.165) is 25.9 Å². The smallest absolute Gasteiger partial charge is 0.262 e. The van der Waals surface area contributed by atoms with Crippen molar-refractivity contribution in [3.63, 3.8) is 0 Å². The van der Waals surface area contributed by atoms with E-state index in [0.29, 0.717) is 21.5 Å². The Morgan fingerprint density at radius 1 is 1.20 bits per heavy atom. The first kappa shape index (κ1) is 17.8. The quantitative estimate of drug-likeness (QED) is 0.810. The van der Waals surface area contributed by atoms with Crippen LogP contribution < -0.4 is 15.0 Å². The van der Waals surface area contributed by atoms with Gasteiger partial charge in [-0.1, -0.05) is 29.3 Å². The van der Waals surface area contributed by atoms with Crippen LogP contribution in [0.3, 0.4) is 0 Å². The summed E-state index contributed by atoms with van der Waals surface area (Å²) in [5.41, 5.74) is 0.863. The van der Waals surface area contributed by atoms with Gasteiger partial charge in [0.2, 0.25) is 0 Å². The van der Waals surface area contributed by atoms with Crippen LogP contribution in [0.2, 0.25) is 10.0 Å². The highest BCUT2D eigenvalue weighted by Gasteiger charge is 2.20. The van der Waals surface area contributed by atoms with Crippen LogP contribution in [0.1, 0.15) is 12.8 Å². The van der Waals surface area contributed by atoms with E-state index in [2.05, 4.69) is 10.2 Å². The molecule has 0 aromatic heterocycles. The summed E-state index contributed by atoms with van der Waals surface area (Å²) in [7, 11) is 0. The molecule has 0 spiro atoms. The Kier molecular flexibility index (Phi) is 5.66. The average Bonchev–Trinajstić information content (AvgIpc) is 3.12. The number of rotatable bonds is 5. The van der Waals surface area contributed by atoms with Crippen LogP contribution in [0.4, 0.5) is 15.8 Å². The molecule has 0 aliphatic carbocycles. The van der Waals surface area contributed by atoms with Crippen LogP contribution >= 0.6 is 23.2 Å². The zero-order chi connectivity index (χ0) is 17.8. The fraction of sp³-hybridized carbons (Fsp3) is 0.278. The van der Waals surface area contributed by atoms with Crippen LogP contribution in [0.15, 0.2) is 36.4 Å². The van der Waals surface area contributed by atoms with Crippen molar-refractivity contribution in [2.45, 2.75) is 12.8 Å². The monoisotopic (exact) mass is 382 g/mol. The maximum absolute atomic E-state index is 14.2. The average molecular weight is 383 g/mol. The van der Waals surface area contributed by atoms with Crippen molar-refractivity contribution in [2.24, 2.45) is 0 Å². The molecule has 1 saturated heterocycles. The Morgan fingerprint density at radius 2 is 1.96 bits per heavy atom. The molecule has 2 aromatic rings.